The Bertz CT molecular complexity index is 1660. The van der Waals surface area contributed by atoms with Gasteiger partial charge in [-0.05, 0) is 74.7 Å². The number of fused-ring (bicyclic) bond motifs is 4. The molecule has 4 heterocycles. The molecule has 4 aliphatic rings. The third kappa shape index (κ3) is 5.15. The summed E-state index contributed by atoms with van der Waals surface area (Å²) in [4.78, 5) is 31.0. The van der Waals surface area contributed by atoms with Crippen molar-refractivity contribution in [3.8, 4) is 17.2 Å². The highest BCUT2D eigenvalue weighted by molar-refractivity contribution is 5.95. The van der Waals surface area contributed by atoms with Gasteiger partial charge >= 0.3 is 6.18 Å². The molecule has 0 bridgehead atoms. The van der Waals surface area contributed by atoms with E-state index in [9.17, 15) is 27.9 Å². The van der Waals surface area contributed by atoms with Gasteiger partial charge in [0.25, 0.3) is 5.91 Å². The SMILES string of the molecule is CC12Oc3ccc(Oc4ccnc5c4CCC(=O)N5)cc3[C@H]1[C@@H]2NC(=O)c1ccc(CN2CCC[C@@H](O)C2)c(C(F)(F)F)c1. The minimum Gasteiger partial charge on any atom is -0.484 e. The predicted molar refractivity (Wildman–Crippen MR) is 153 cm³/mol. The van der Waals surface area contributed by atoms with Crippen LogP contribution in [0.3, 0.4) is 0 Å². The highest BCUT2D eigenvalue weighted by Crippen LogP contribution is 2.62. The lowest BCUT2D eigenvalue weighted by molar-refractivity contribution is -0.138. The van der Waals surface area contributed by atoms with Crippen molar-refractivity contribution in [2.24, 2.45) is 0 Å². The maximum Gasteiger partial charge on any atom is 0.416 e. The molecule has 44 heavy (non-hydrogen) atoms. The quantitative estimate of drug-likeness (QED) is 0.369. The second kappa shape index (κ2) is 10.5. The number of aliphatic hydroxyl groups excluding tert-OH is 1. The van der Waals surface area contributed by atoms with Crippen LogP contribution in [0.5, 0.6) is 17.2 Å². The molecular formula is C32H31F3N4O5. The number of anilines is 1. The van der Waals surface area contributed by atoms with E-state index in [2.05, 4.69) is 15.6 Å². The van der Waals surface area contributed by atoms with Crippen LogP contribution in [0.4, 0.5) is 19.0 Å². The number of benzene rings is 2. The van der Waals surface area contributed by atoms with Gasteiger partial charge < -0.3 is 25.2 Å². The molecule has 3 N–H and O–H groups in total. The van der Waals surface area contributed by atoms with Gasteiger partial charge in [-0.25, -0.2) is 4.98 Å². The summed E-state index contributed by atoms with van der Waals surface area (Å²) < 4.78 is 54.6. The minimum absolute atomic E-state index is 0.0442. The second-order valence-electron chi connectivity index (χ2n) is 12.1. The van der Waals surface area contributed by atoms with Gasteiger partial charge in [0.1, 0.15) is 28.7 Å². The van der Waals surface area contributed by atoms with Crippen LogP contribution in [-0.2, 0) is 23.9 Å². The molecule has 2 aromatic carbocycles. The van der Waals surface area contributed by atoms with Gasteiger partial charge in [0, 0.05) is 42.4 Å². The van der Waals surface area contributed by atoms with E-state index >= 15 is 0 Å². The van der Waals surface area contributed by atoms with E-state index in [1.807, 2.05) is 13.0 Å². The van der Waals surface area contributed by atoms with Crippen molar-refractivity contribution in [2.75, 3.05) is 18.4 Å². The zero-order chi connectivity index (χ0) is 30.8. The summed E-state index contributed by atoms with van der Waals surface area (Å²) in [5.74, 6) is 1.35. The molecule has 1 unspecified atom stereocenters. The number of rotatable bonds is 6. The molecule has 0 spiro atoms. The number of nitrogens with one attached hydrogen (secondary N) is 2. The number of halogens is 3. The molecule has 7 rings (SSSR count). The van der Waals surface area contributed by atoms with E-state index in [0.29, 0.717) is 61.8 Å². The fourth-order valence-electron chi connectivity index (χ4n) is 6.73. The van der Waals surface area contributed by atoms with Crippen LogP contribution in [0.1, 0.15) is 64.7 Å². The monoisotopic (exact) mass is 608 g/mol. The van der Waals surface area contributed by atoms with Gasteiger partial charge in [0.05, 0.1) is 23.6 Å². The molecule has 230 valence electrons. The summed E-state index contributed by atoms with van der Waals surface area (Å²) in [5, 5.41) is 15.6. The number of pyridine rings is 1. The van der Waals surface area contributed by atoms with Gasteiger partial charge in [-0.1, -0.05) is 6.07 Å². The summed E-state index contributed by atoms with van der Waals surface area (Å²) in [7, 11) is 0. The number of nitrogens with zero attached hydrogens (tertiary/aromatic N) is 2. The van der Waals surface area contributed by atoms with Crippen molar-refractivity contribution in [3.05, 3.63) is 76.5 Å². The van der Waals surface area contributed by atoms with Crippen molar-refractivity contribution in [1.29, 1.82) is 0 Å². The lowest BCUT2D eigenvalue weighted by atomic mass is 10.0. The van der Waals surface area contributed by atoms with E-state index in [0.717, 1.165) is 17.2 Å². The summed E-state index contributed by atoms with van der Waals surface area (Å²) in [6, 6.07) is 10.4. The van der Waals surface area contributed by atoms with Crippen LogP contribution in [0.2, 0.25) is 0 Å². The Morgan fingerprint density at radius 3 is 2.86 bits per heavy atom. The fraction of sp³-hybridized carbons (Fsp3) is 0.406. The van der Waals surface area contributed by atoms with Crippen LogP contribution in [-0.4, -0.2) is 57.6 Å². The summed E-state index contributed by atoms with van der Waals surface area (Å²) in [6.07, 6.45) is -1.43. The smallest absolute Gasteiger partial charge is 0.416 e. The Hall–Kier alpha value is -4.16. The maximum atomic E-state index is 14.1. The predicted octanol–water partition coefficient (Wildman–Crippen LogP) is 4.78. The topological polar surface area (TPSA) is 113 Å². The third-order valence-electron chi connectivity index (χ3n) is 9.04. The first-order chi connectivity index (χ1) is 21.0. The van der Waals surface area contributed by atoms with Crippen molar-refractivity contribution in [1.82, 2.24) is 15.2 Å². The zero-order valence-corrected chi connectivity index (χ0v) is 23.9. The van der Waals surface area contributed by atoms with Crippen LogP contribution in [0, 0.1) is 0 Å². The number of amides is 2. The molecule has 0 radical (unpaired) electrons. The first-order valence-electron chi connectivity index (χ1n) is 14.7. The van der Waals surface area contributed by atoms with Gasteiger partial charge in [-0.15, -0.1) is 0 Å². The van der Waals surface area contributed by atoms with Crippen molar-refractivity contribution in [3.63, 3.8) is 0 Å². The van der Waals surface area contributed by atoms with Gasteiger partial charge in [0.2, 0.25) is 5.91 Å². The van der Waals surface area contributed by atoms with Crippen LogP contribution >= 0.6 is 0 Å². The number of piperidine rings is 1. The molecule has 1 saturated heterocycles. The molecule has 12 heteroatoms. The lowest BCUT2D eigenvalue weighted by Gasteiger charge is -2.30. The average Bonchev–Trinajstić information content (AvgIpc) is 3.40. The average molecular weight is 609 g/mol. The van der Waals surface area contributed by atoms with Gasteiger partial charge in [-0.3, -0.25) is 14.5 Å². The van der Waals surface area contributed by atoms with Crippen LogP contribution in [0.15, 0.2) is 48.7 Å². The zero-order valence-electron chi connectivity index (χ0n) is 23.9. The minimum atomic E-state index is -4.64. The van der Waals surface area contributed by atoms with Crippen molar-refractivity contribution in [2.45, 2.75) is 69.0 Å². The molecule has 3 aromatic rings. The molecule has 9 nitrogen and oxygen atoms in total. The Morgan fingerprint density at radius 1 is 1.23 bits per heavy atom. The summed E-state index contributed by atoms with van der Waals surface area (Å²) in [6.45, 7) is 2.83. The van der Waals surface area contributed by atoms with Gasteiger partial charge in [-0.2, -0.15) is 13.2 Å². The van der Waals surface area contributed by atoms with E-state index < -0.39 is 35.4 Å². The van der Waals surface area contributed by atoms with Crippen molar-refractivity contribution >= 4 is 17.6 Å². The first kappa shape index (κ1) is 28.6. The number of hydrogen-bond donors (Lipinski definition) is 3. The first-order valence-corrected chi connectivity index (χ1v) is 14.7. The number of hydrogen-bond acceptors (Lipinski definition) is 7. The van der Waals surface area contributed by atoms with Crippen LogP contribution in [0.25, 0.3) is 0 Å². The summed E-state index contributed by atoms with van der Waals surface area (Å²) >= 11 is 0. The molecule has 2 fully saturated rings. The lowest BCUT2D eigenvalue weighted by Crippen LogP contribution is -2.38. The number of aromatic nitrogens is 1. The Labute approximate surface area is 251 Å². The van der Waals surface area contributed by atoms with E-state index in [-0.39, 0.29) is 29.5 Å². The Kier molecular flexibility index (Phi) is 6.81. The number of carbonyl (C=O) groups excluding carboxylic acids is 2. The molecule has 4 atom stereocenters. The van der Waals surface area contributed by atoms with E-state index in [4.69, 9.17) is 9.47 Å². The number of β-amino-alcohol motifs (C(OH)–C–C–N with tert-alkyl or cyclic N) is 1. The standard InChI is InChI=1S/C32H31F3N4O5/c1-31-27(22-14-20(6-8-25(22)44-31)43-24-10-11-36-29-21(24)7-9-26(41)37-29)28(31)38-30(42)17-4-5-18(23(13-17)32(33,34)35)15-39-12-2-3-19(40)16-39/h4-6,8,10-11,13-14,19,27-28,40H,2-3,7,9,12,15-16H2,1H3,(H,38,42)(H,36,37,41)/t19-,27+,28+,31?/m1/s1. The maximum absolute atomic E-state index is 14.1. The highest BCUT2D eigenvalue weighted by atomic mass is 19.4. The van der Waals surface area contributed by atoms with Gasteiger partial charge in [0.15, 0.2) is 0 Å². The number of aliphatic hydroxyl groups is 1. The fourth-order valence-corrected chi connectivity index (χ4v) is 6.73. The molecule has 1 aliphatic carbocycles. The molecule has 1 saturated carbocycles. The van der Waals surface area contributed by atoms with Crippen molar-refractivity contribution < 1.29 is 37.3 Å². The molecular weight excluding hydrogens is 577 g/mol. The number of carbonyl (C=O) groups is 2. The highest BCUT2D eigenvalue weighted by Gasteiger charge is 2.70. The third-order valence-corrected chi connectivity index (χ3v) is 9.04. The normalized spacial score (nSPS) is 25.7. The Morgan fingerprint density at radius 2 is 2.07 bits per heavy atom. The number of alkyl halides is 3. The number of ether oxygens (including phenoxy) is 2. The molecule has 3 aliphatic heterocycles. The van der Waals surface area contributed by atoms with Crippen LogP contribution < -0.4 is 20.1 Å². The van der Waals surface area contributed by atoms with E-state index in [1.54, 1.807) is 29.3 Å². The second-order valence-corrected chi connectivity index (χ2v) is 12.1. The largest absolute Gasteiger partial charge is 0.484 e. The molecule has 2 amide bonds. The molecule has 1 aromatic heterocycles. The number of likely N-dealkylation sites (tertiary alicyclic amines) is 1. The summed E-state index contributed by atoms with van der Waals surface area (Å²) in [5.41, 5.74) is 0.0398. The Balaban J connectivity index is 1.07. The van der Waals surface area contributed by atoms with E-state index in [1.165, 1.54) is 12.1 Å².